The molecule has 0 atom stereocenters. The molecule has 0 aliphatic heterocycles. The van der Waals surface area contributed by atoms with Crippen LogP contribution in [0, 0.1) is 0 Å². The van der Waals surface area contributed by atoms with Crippen LogP contribution in [0.15, 0.2) is 46.5 Å². The standard InChI is InChI=1S/C13H17N3O2S2/c1-16-10-12(9-15-16)19-5-6-20(17,18)13-4-2-3-11(7-13)8-14/h2-4,7,9-10H,5-6,8,14H2,1H3. The third kappa shape index (κ3) is 3.84. The fraction of sp³-hybridized carbons (Fsp3) is 0.308. The number of benzene rings is 1. The van der Waals surface area contributed by atoms with Gasteiger partial charge < -0.3 is 5.73 Å². The largest absolute Gasteiger partial charge is 0.326 e. The van der Waals surface area contributed by atoms with E-state index in [0.29, 0.717) is 17.2 Å². The van der Waals surface area contributed by atoms with Crippen LogP contribution in [0.3, 0.4) is 0 Å². The van der Waals surface area contributed by atoms with Gasteiger partial charge in [-0.1, -0.05) is 12.1 Å². The first-order chi connectivity index (χ1) is 9.51. The lowest BCUT2D eigenvalue weighted by Gasteiger charge is -2.05. The zero-order valence-corrected chi connectivity index (χ0v) is 12.8. The molecule has 0 saturated heterocycles. The summed E-state index contributed by atoms with van der Waals surface area (Å²) in [5, 5.41) is 4.05. The van der Waals surface area contributed by atoms with Crippen LogP contribution >= 0.6 is 11.8 Å². The molecule has 1 heterocycles. The van der Waals surface area contributed by atoms with Crippen molar-refractivity contribution in [2.24, 2.45) is 12.8 Å². The van der Waals surface area contributed by atoms with E-state index in [0.717, 1.165) is 10.5 Å². The number of nitrogens with two attached hydrogens (primary N) is 1. The highest BCUT2D eigenvalue weighted by Crippen LogP contribution is 2.19. The number of thioether (sulfide) groups is 1. The van der Waals surface area contributed by atoms with Gasteiger partial charge in [-0.05, 0) is 17.7 Å². The zero-order valence-electron chi connectivity index (χ0n) is 11.2. The highest BCUT2D eigenvalue weighted by atomic mass is 32.2. The summed E-state index contributed by atoms with van der Waals surface area (Å²) in [6.45, 7) is 0.341. The Balaban J connectivity index is 2.00. The number of rotatable bonds is 6. The molecular formula is C13H17N3O2S2. The Morgan fingerprint density at radius 3 is 2.85 bits per heavy atom. The average Bonchev–Trinajstić information content (AvgIpc) is 2.84. The molecule has 7 heteroatoms. The summed E-state index contributed by atoms with van der Waals surface area (Å²) in [5.74, 6) is 0.599. The lowest BCUT2D eigenvalue weighted by atomic mass is 10.2. The van der Waals surface area contributed by atoms with Crippen LogP contribution in [0.5, 0.6) is 0 Å². The van der Waals surface area contributed by atoms with Crippen LogP contribution < -0.4 is 5.73 Å². The second-order valence-electron chi connectivity index (χ2n) is 4.37. The van der Waals surface area contributed by atoms with Crippen LogP contribution in [0.2, 0.25) is 0 Å². The molecule has 0 amide bonds. The van der Waals surface area contributed by atoms with Crippen molar-refractivity contribution >= 4 is 21.6 Å². The molecule has 2 rings (SSSR count). The summed E-state index contributed by atoms with van der Waals surface area (Å²) in [4.78, 5) is 1.31. The monoisotopic (exact) mass is 311 g/mol. The van der Waals surface area contributed by atoms with Gasteiger partial charge in [-0.2, -0.15) is 5.10 Å². The molecule has 0 spiro atoms. The molecule has 0 aliphatic rings. The SMILES string of the molecule is Cn1cc(SCCS(=O)(=O)c2cccc(CN)c2)cn1. The molecule has 5 nitrogen and oxygen atoms in total. The van der Waals surface area contributed by atoms with E-state index in [1.54, 1.807) is 29.1 Å². The van der Waals surface area contributed by atoms with Gasteiger partial charge in [-0.25, -0.2) is 8.42 Å². The molecule has 20 heavy (non-hydrogen) atoms. The number of hydrogen-bond donors (Lipinski definition) is 1. The fourth-order valence-electron chi connectivity index (χ4n) is 1.73. The van der Waals surface area contributed by atoms with Crippen LogP contribution in [0.4, 0.5) is 0 Å². The van der Waals surface area contributed by atoms with E-state index in [-0.39, 0.29) is 5.75 Å². The van der Waals surface area contributed by atoms with Gasteiger partial charge in [-0.15, -0.1) is 11.8 Å². The highest BCUT2D eigenvalue weighted by Gasteiger charge is 2.14. The summed E-state index contributed by atoms with van der Waals surface area (Å²) >= 11 is 1.49. The summed E-state index contributed by atoms with van der Waals surface area (Å²) in [6, 6.07) is 6.81. The average molecular weight is 311 g/mol. The predicted octanol–water partition coefficient (Wildman–Crippen LogP) is 1.44. The Morgan fingerprint density at radius 1 is 1.40 bits per heavy atom. The van der Waals surface area contributed by atoms with E-state index < -0.39 is 9.84 Å². The number of aryl methyl sites for hydroxylation is 1. The molecular weight excluding hydrogens is 294 g/mol. The van der Waals surface area contributed by atoms with Crippen molar-refractivity contribution in [3.8, 4) is 0 Å². The zero-order chi connectivity index (χ0) is 14.6. The summed E-state index contributed by atoms with van der Waals surface area (Å²) in [5.41, 5.74) is 6.36. The second-order valence-corrected chi connectivity index (χ2v) is 7.65. The van der Waals surface area contributed by atoms with E-state index in [1.165, 1.54) is 11.8 Å². The third-order valence-corrected chi connectivity index (χ3v) is 5.72. The first kappa shape index (κ1) is 15.1. The van der Waals surface area contributed by atoms with Gasteiger partial charge in [0, 0.05) is 30.4 Å². The van der Waals surface area contributed by atoms with Gasteiger partial charge in [0.2, 0.25) is 0 Å². The summed E-state index contributed by atoms with van der Waals surface area (Å²) in [7, 11) is -1.43. The number of sulfone groups is 1. The van der Waals surface area contributed by atoms with Crippen LogP contribution in [0.1, 0.15) is 5.56 Å². The maximum absolute atomic E-state index is 12.2. The van der Waals surface area contributed by atoms with Gasteiger partial charge in [0.1, 0.15) is 0 Å². The summed E-state index contributed by atoms with van der Waals surface area (Å²) < 4.78 is 26.1. The summed E-state index contributed by atoms with van der Waals surface area (Å²) in [6.07, 6.45) is 3.60. The minimum absolute atomic E-state index is 0.0978. The lowest BCUT2D eigenvalue weighted by Crippen LogP contribution is -2.09. The molecule has 0 fully saturated rings. The van der Waals surface area contributed by atoms with E-state index in [9.17, 15) is 8.42 Å². The Kier molecular flexibility index (Phi) is 4.85. The number of aromatic nitrogens is 2. The highest BCUT2D eigenvalue weighted by molar-refractivity contribution is 8.00. The molecule has 0 aliphatic carbocycles. The maximum atomic E-state index is 12.2. The van der Waals surface area contributed by atoms with Crippen LogP contribution in [0.25, 0.3) is 0 Å². The van der Waals surface area contributed by atoms with Gasteiger partial charge in [0.25, 0.3) is 0 Å². The van der Waals surface area contributed by atoms with E-state index in [4.69, 9.17) is 5.73 Å². The third-order valence-electron chi connectivity index (χ3n) is 2.80. The van der Waals surface area contributed by atoms with Crippen molar-refractivity contribution in [1.29, 1.82) is 0 Å². The second kappa shape index (κ2) is 6.43. The molecule has 108 valence electrons. The van der Waals surface area contributed by atoms with Gasteiger partial charge in [-0.3, -0.25) is 4.68 Å². The Labute approximate surface area is 123 Å². The van der Waals surface area contributed by atoms with Crippen molar-refractivity contribution in [3.63, 3.8) is 0 Å². The van der Waals surface area contributed by atoms with Crippen molar-refractivity contribution < 1.29 is 8.42 Å². The van der Waals surface area contributed by atoms with Gasteiger partial charge in [0.05, 0.1) is 16.8 Å². The Morgan fingerprint density at radius 2 is 2.20 bits per heavy atom. The number of nitrogens with zero attached hydrogens (tertiary/aromatic N) is 2. The van der Waals surface area contributed by atoms with Crippen LogP contribution in [-0.2, 0) is 23.4 Å². The molecule has 0 radical (unpaired) electrons. The minimum atomic E-state index is -3.26. The molecule has 1 aromatic heterocycles. The Hall–Kier alpha value is -1.31. The first-order valence-electron chi connectivity index (χ1n) is 6.14. The quantitative estimate of drug-likeness (QED) is 0.817. The normalized spacial score (nSPS) is 11.7. The lowest BCUT2D eigenvalue weighted by molar-refractivity contribution is 0.597. The molecule has 2 N–H and O–H groups in total. The van der Waals surface area contributed by atoms with Crippen molar-refractivity contribution in [2.45, 2.75) is 16.3 Å². The molecule has 1 aromatic carbocycles. The number of hydrogen-bond acceptors (Lipinski definition) is 5. The van der Waals surface area contributed by atoms with Crippen molar-refractivity contribution in [1.82, 2.24) is 9.78 Å². The van der Waals surface area contributed by atoms with Gasteiger partial charge in [0.15, 0.2) is 9.84 Å². The van der Waals surface area contributed by atoms with E-state index in [1.807, 2.05) is 19.3 Å². The maximum Gasteiger partial charge on any atom is 0.179 e. The van der Waals surface area contributed by atoms with Crippen molar-refractivity contribution in [3.05, 3.63) is 42.2 Å². The molecule has 0 saturated carbocycles. The predicted molar refractivity (Wildman–Crippen MR) is 80.3 cm³/mol. The topological polar surface area (TPSA) is 78.0 Å². The smallest absolute Gasteiger partial charge is 0.179 e. The molecule has 2 aromatic rings. The van der Waals surface area contributed by atoms with Gasteiger partial charge >= 0.3 is 0 Å². The first-order valence-corrected chi connectivity index (χ1v) is 8.78. The molecule has 0 unspecified atom stereocenters. The fourth-order valence-corrected chi connectivity index (χ4v) is 4.37. The van der Waals surface area contributed by atoms with Crippen LogP contribution in [-0.4, -0.2) is 29.7 Å². The minimum Gasteiger partial charge on any atom is -0.326 e. The van der Waals surface area contributed by atoms with E-state index >= 15 is 0 Å². The van der Waals surface area contributed by atoms with E-state index in [2.05, 4.69) is 5.10 Å². The Bertz CT molecular complexity index is 680. The van der Waals surface area contributed by atoms with Crippen molar-refractivity contribution in [2.75, 3.05) is 11.5 Å². The molecule has 0 bridgehead atoms.